The molecule has 1 atom stereocenters. The van der Waals surface area contributed by atoms with Crippen LogP contribution >= 0.6 is 11.6 Å². The molecule has 0 saturated carbocycles. The highest BCUT2D eigenvalue weighted by molar-refractivity contribution is 6.29. The molecule has 1 amide bonds. The second kappa shape index (κ2) is 6.05. The van der Waals surface area contributed by atoms with Crippen molar-refractivity contribution in [2.75, 3.05) is 11.9 Å². The Kier molecular flexibility index (Phi) is 4.93. The number of nitrogens with one attached hydrogen (secondary N) is 2. The number of halogens is 4. The van der Waals surface area contributed by atoms with Crippen LogP contribution in [0.25, 0.3) is 0 Å². The van der Waals surface area contributed by atoms with E-state index in [9.17, 15) is 18.0 Å². The summed E-state index contributed by atoms with van der Waals surface area (Å²) in [4.78, 5) is 17.8. The van der Waals surface area contributed by atoms with Gasteiger partial charge in [-0.15, -0.1) is 0 Å². The van der Waals surface area contributed by atoms with E-state index >= 15 is 0 Å². The Hall–Kier alpha value is -1.57. The number of hydrogen-bond acceptors (Lipinski definition) is 4. The summed E-state index contributed by atoms with van der Waals surface area (Å²) < 4.78 is 37.4. The molecule has 0 aliphatic heterocycles. The molecule has 0 fully saturated rings. The quantitative estimate of drug-likeness (QED) is 0.835. The number of nitrogens with zero attached hydrogens (tertiary/aromatic N) is 2. The highest BCUT2D eigenvalue weighted by Crippen LogP contribution is 2.28. The van der Waals surface area contributed by atoms with E-state index < -0.39 is 18.0 Å². The van der Waals surface area contributed by atoms with Gasteiger partial charge in [0.05, 0.1) is 0 Å². The molecule has 0 radical (unpaired) electrons. The van der Waals surface area contributed by atoms with E-state index in [-0.39, 0.29) is 16.9 Å². The third-order valence-corrected chi connectivity index (χ3v) is 2.25. The summed E-state index contributed by atoms with van der Waals surface area (Å²) in [5.74, 6) is -1.87. The first-order chi connectivity index (χ1) is 8.74. The lowest BCUT2D eigenvalue weighted by molar-refractivity contribution is -0.144. The summed E-state index contributed by atoms with van der Waals surface area (Å²) in [6.07, 6.45) is -4.70. The minimum Gasteiger partial charge on any atom is -0.358 e. The maximum absolute atomic E-state index is 12.5. The topological polar surface area (TPSA) is 66.9 Å². The molecule has 0 aromatic carbocycles. The molecule has 1 aromatic rings. The van der Waals surface area contributed by atoms with Crippen LogP contribution in [0.1, 0.15) is 19.7 Å². The lowest BCUT2D eigenvalue weighted by Gasteiger charge is -2.15. The van der Waals surface area contributed by atoms with Gasteiger partial charge in [-0.05, 0) is 13.8 Å². The summed E-state index contributed by atoms with van der Waals surface area (Å²) in [6.45, 7) is 3.64. The van der Waals surface area contributed by atoms with Gasteiger partial charge in [-0.3, -0.25) is 4.79 Å². The van der Waals surface area contributed by atoms with Crippen LogP contribution in [-0.2, 0) is 11.0 Å². The minimum absolute atomic E-state index is 0.161. The van der Waals surface area contributed by atoms with E-state index in [2.05, 4.69) is 20.6 Å². The molecule has 1 aromatic heterocycles. The van der Waals surface area contributed by atoms with E-state index in [1.165, 1.54) is 6.92 Å². The minimum atomic E-state index is -4.70. The predicted molar refractivity (Wildman–Crippen MR) is 63.8 cm³/mol. The molecule has 5 nitrogen and oxygen atoms in total. The third kappa shape index (κ3) is 4.55. The van der Waals surface area contributed by atoms with Gasteiger partial charge in [-0.2, -0.15) is 13.2 Å². The van der Waals surface area contributed by atoms with Crippen LogP contribution in [0.3, 0.4) is 0 Å². The molecule has 2 N–H and O–H groups in total. The summed E-state index contributed by atoms with van der Waals surface area (Å²) >= 11 is 5.49. The largest absolute Gasteiger partial charge is 0.451 e. The van der Waals surface area contributed by atoms with Crippen molar-refractivity contribution >= 4 is 23.3 Å². The second-order valence-corrected chi connectivity index (χ2v) is 4.05. The van der Waals surface area contributed by atoms with Crippen molar-refractivity contribution in [2.24, 2.45) is 0 Å². The van der Waals surface area contributed by atoms with E-state index in [1.54, 1.807) is 6.92 Å². The van der Waals surface area contributed by atoms with Gasteiger partial charge in [0, 0.05) is 12.6 Å². The normalized spacial score (nSPS) is 12.9. The first kappa shape index (κ1) is 15.5. The highest BCUT2D eigenvalue weighted by Gasteiger charge is 2.35. The average molecular weight is 297 g/mol. The zero-order valence-electron chi connectivity index (χ0n) is 10.2. The molecule has 1 rings (SSSR count). The molecule has 1 heterocycles. The van der Waals surface area contributed by atoms with Crippen LogP contribution in [0.4, 0.5) is 19.0 Å². The Morgan fingerprint density at radius 1 is 1.47 bits per heavy atom. The zero-order chi connectivity index (χ0) is 14.6. The number of carbonyl (C=O) groups excluding carboxylic acids is 1. The van der Waals surface area contributed by atoms with Crippen LogP contribution < -0.4 is 10.6 Å². The van der Waals surface area contributed by atoms with Crippen LogP contribution in [0.15, 0.2) is 6.07 Å². The molecule has 19 heavy (non-hydrogen) atoms. The zero-order valence-corrected chi connectivity index (χ0v) is 10.9. The number of anilines is 1. The SMILES string of the molecule is CCNC(=O)C(C)Nc1cc(Cl)nc(C(F)(F)F)n1. The summed E-state index contributed by atoms with van der Waals surface area (Å²) in [6, 6.07) is 0.374. The van der Waals surface area contributed by atoms with E-state index in [1.807, 2.05) is 0 Å². The molecule has 0 aliphatic rings. The standard InChI is InChI=1S/C10H12ClF3N4O/c1-3-15-8(19)5(2)16-7-4-6(11)17-9(18-7)10(12,13)14/h4-5H,3H2,1-2H3,(H,15,19)(H,16,17,18). The van der Waals surface area contributed by atoms with Gasteiger partial charge in [0.1, 0.15) is 17.0 Å². The van der Waals surface area contributed by atoms with Gasteiger partial charge in [0.15, 0.2) is 0 Å². The Balaban J connectivity index is 2.90. The lowest BCUT2D eigenvalue weighted by atomic mass is 10.3. The average Bonchev–Trinajstić information content (AvgIpc) is 2.27. The smallest absolute Gasteiger partial charge is 0.358 e. The molecular formula is C10H12ClF3N4O. The number of hydrogen-bond donors (Lipinski definition) is 2. The molecule has 1 unspecified atom stereocenters. The number of amides is 1. The van der Waals surface area contributed by atoms with Gasteiger partial charge in [0.2, 0.25) is 11.7 Å². The number of rotatable bonds is 4. The first-order valence-corrected chi connectivity index (χ1v) is 5.78. The predicted octanol–water partition coefficient (Wildman–Crippen LogP) is 2.09. The molecule has 0 bridgehead atoms. The summed E-state index contributed by atoms with van der Waals surface area (Å²) in [5, 5.41) is 4.70. The van der Waals surface area contributed by atoms with Crippen LogP contribution in [-0.4, -0.2) is 28.5 Å². The van der Waals surface area contributed by atoms with Crippen molar-refractivity contribution < 1.29 is 18.0 Å². The van der Waals surface area contributed by atoms with Crippen molar-refractivity contribution in [3.05, 3.63) is 17.0 Å². The Bertz CT molecular complexity index is 467. The maximum atomic E-state index is 12.5. The first-order valence-electron chi connectivity index (χ1n) is 5.40. The van der Waals surface area contributed by atoms with Gasteiger partial charge >= 0.3 is 6.18 Å². The number of likely N-dealkylation sites (N-methyl/N-ethyl adjacent to an activating group) is 1. The summed E-state index contributed by atoms with van der Waals surface area (Å²) in [5.41, 5.74) is 0. The van der Waals surface area contributed by atoms with Gasteiger partial charge in [0.25, 0.3) is 0 Å². The van der Waals surface area contributed by atoms with Crippen LogP contribution in [0.2, 0.25) is 5.15 Å². The van der Waals surface area contributed by atoms with E-state index in [4.69, 9.17) is 11.6 Å². The molecular weight excluding hydrogens is 285 g/mol. The third-order valence-electron chi connectivity index (χ3n) is 2.06. The van der Waals surface area contributed by atoms with Crippen molar-refractivity contribution in [3.8, 4) is 0 Å². The fourth-order valence-corrected chi connectivity index (χ4v) is 1.42. The summed E-state index contributed by atoms with van der Waals surface area (Å²) in [7, 11) is 0. The Labute approximate surface area is 112 Å². The van der Waals surface area contributed by atoms with Gasteiger partial charge < -0.3 is 10.6 Å². The molecule has 106 valence electrons. The number of aromatic nitrogens is 2. The Morgan fingerprint density at radius 3 is 2.63 bits per heavy atom. The molecule has 0 spiro atoms. The number of alkyl halides is 3. The Morgan fingerprint density at radius 2 is 2.11 bits per heavy atom. The van der Waals surface area contributed by atoms with Gasteiger partial charge in [-0.25, -0.2) is 9.97 Å². The van der Waals surface area contributed by atoms with Crippen molar-refractivity contribution in [3.63, 3.8) is 0 Å². The maximum Gasteiger partial charge on any atom is 0.451 e. The molecule has 0 aliphatic carbocycles. The van der Waals surface area contributed by atoms with Crippen molar-refractivity contribution in [1.29, 1.82) is 0 Å². The van der Waals surface area contributed by atoms with Crippen molar-refractivity contribution in [2.45, 2.75) is 26.1 Å². The monoisotopic (exact) mass is 296 g/mol. The highest BCUT2D eigenvalue weighted by atomic mass is 35.5. The van der Waals surface area contributed by atoms with E-state index in [0.717, 1.165) is 6.07 Å². The molecule has 0 saturated heterocycles. The van der Waals surface area contributed by atoms with Crippen LogP contribution in [0, 0.1) is 0 Å². The fourth-order valence-electron chi connectivity index (χ4n) is 1.23. The second-order valence-electron chi connectivity index (χ2n) is 3.66. The van der Waals surface area contributed by atoms with Gasteiger partial charge in [-0.1, -0.05) is 11.6 Å². The van der Waals surface area contributed by atoms with Crippen LogP contribution in [0.5, 0.6) is 0 Å². The van der Waals surface area contributed by atoms with Crippen molar-refractivity contribution in [1.82, 2.24) is 15.3 Å². The van der Waals surface area contributed by atoms with E-state index in [0.29, 0.717) is 6.54 Å². The number of carbonyl (C=O) groups is 1. The molecule has 9 heteroatoms. The lowest BCUT2D eigenvalue weighted by Crippen LogP contribution is -2.37. The fraction of sp³-hybridized carbons (Fsp3) is 0.500.